The fourth-order valence-corrected chi connectivity index (χ4v) is 2.48. The molecule has 0 amide bonds. The Hall–Kier alpha value is -1.35. The van der Waals surface area contributed by atoms with Crippen LogP contribution in [0.3, 0.4) is 0 Å². The first-order valence-corrected chi connectivity index (χ1v) is 7.19. The van der Waals surface area contributed by atoms with Crippen LogP contribution in [0.1, 0.15) is 31.7 Å². The lowest BCUT2D eigenvalue weighted by Gasteiger charge is -2.26. The molecule has 0 radical (unpaired) electrons. The molecule has 1 aromatic carbocycles. The van der Waals surface area contributed by atoms with Crippen LogP contribution in [0.4, 0.5) is 0 Å². The van der Waals surface area contributed by atoms with E-state index < -0.39 is 0 Å². The zero-order chi connectivity index (χ0) is 13.5. The molecule has 1 aromatic rings. The predicted molar refractivity (Wildman–Crippen MR) is 75.9 cm³/mol. The van der Waals surface area contributed by atoms with Gasteiger partial charge in [-0.05, 0) is 43.7 Å². The number of carbonyl (C=O) groups excluding carboxylic acids is 1. The SMILES string of the molecule is CC1CCNC(C(=O)OCCCc2ccccc2)C1. The van der Waals surface area contributed by atoms with Crippen molar-refractivity contribution in [2.75, 3.05) is 13.2 Å². The summed E-state index contributed by atoms with van der Waals surface area (Å²) in [7, 11) is 0. The minimum Gasteiger partial charge on any atom is -0.465 e. The molecule has 1 N–H and O–H groups in total. The highest BCUT2D eigenvalue weighted by Crippen LogP contribution is 2.16. The van der Waals surface area contributed by atoms with Gasteiger partial charge < -0.3 is 10.1 Å². The average molecular weight is 261 g/mol. The molecule has 1 aliphatic rings. The Morgan fingerprint density at radius 2 is 2.16 bits per heavy atom. The lowest BCUT2D eigenvalue weighted by molar-refractivity contribution is -0.147. The third kappa shape index (κ3) is 4.67. The molecule has 1 fully saturated rings. The van der Waals surface area contributed by atoms with Crippen LogP contribution in [0.25, 0.3) is 0 Å². The van der Waals surface area contributed by atoms with Crippen LogP contribution < -0.4 is 5.32 Å². The van der Waals surface area contributed by atoms with Gasteiger partial charge in [0.2, 0.25) is 0 Å². The normalized spacial score (nSPS) is 23.0. The fourth-order valence-electron chi connectivity index (χ4n) is 2.48. The van der Waals surface area contributed by atoms with E-state index in [0.717, 1.165) is 32.2 Å². The number of hydrogen-bond donors (Lipinski definition) is 1. The van der Waals surface area contributed by atoms with Crippen LogP contribution in [-0.4, -0.2) is 25.2 Å². The smallest absolute Gasteiger partial charge is 0.323 e. The minimum absolute atomic E-state index is 0.0837. The number of carbonyl (C=O) groups is 1. The fraction of sp³-hybridized carbons (Fsp3) is 0.562. The van der Waals surface area contributed by atoms with E-state index in [1.165, 1.54) is 5.56 Å². The van der Waals surface area contributed by atoms with E-state index in [1.54, 1.807) is 0 Å². The van der Waals surface area contributed by atoms with Gasteiger partial charge in [-0.1, -0.05) is 37.3 Å². The van der Waals surface area contributed by atoms with Gasteiger partial charge in [0.25, 0.3) is 0 Å². The van der Waals surface area contributed by atoms with Gasteiger partial charge in [0, 0.05) is 0 Å². The zero-order valence-electron chi connectivity index (χ0n) is 11.6. The van der Waals surface area contributed by atoms with Crippen molar-refractivity contribution in [3.05, 3.63) is 35.9 Å². The summed E-state index contributed by atoms with van der Waals surface area (Å²) in [6.45, 7) is 3.63. The van der Waals surface area contributed by atoms with Crippen molar-refractivity contribution in [2.45, 2.75) is 38.6 Å². The van der Waals surface area contributed by atoms with Crippen LogP contribution in [0.2, 0.25) is 0 Å². The summed E-state index contributed by atoms with van der Waals surface area (Å²) in [5.41, 5.74) is 1.29. The Balaban J connectivity index is 1.64. The van der Waals surface area contributed by atoms with Crippen LogP contribution >= 0.6 is 0 Å². The van der Waals surface area contributed by atoms with E-state index in [0.29, 0.717) is 12.5 Å². The van der Waals surface area contributed by atoms with E-state index in [-0.39, 0.29) is 12.0 Å². The molecule has 0 aromatic heterocycles. The van der Waals surface area contributed by atoms with Gasteiger partial charge in [0.1, 0.15) is 6.04 Å². The van der Waals surface area contributed by atoms with Crippen LogP contribution in [0.5, 0.6) is 0 Å². The molecule has 19 heavy (non-hydrogen) atoms. The van der Waals surface area contributed by atoms with Crippen molar-refractivity contribution >= 4 is 5.97 Å². The molecule has 1 heterocycles. The van der Waals surface area contributed by atoms with Gasteiger partial charge in [-0.25, -0.2) is 0 Å². The first kappa shape index (κ1) is 14.1. The van der Waals surface area contributed by atoms with Crippen molar-refractivity contribution in [2.24, 2.45) is 5.92 Å². The molecular weight excluding hydrogens is 238 g/mol. The molecule has 0 spiro atoms. The van der Waals surface area contributed by atoms with Crippen LogP contribution in [-0.2, 0) is 16.0 Å². The number of piperidine rings is 1. The third-order valence-electron chi connectivity index (χ3n) is 3.65. The highest BCUT2D eigenvalue weighted by atomic mass is 16.5. The first-order chi connectivity index (χ1) is 9.25. The summed E-state index contributed by atoms with van der Waals surface area (Å²) in [6.07, 6.45) is 3.90. The third-order valence-corrected chi connectivity index (χ3v) is 3.65. The number of aryl methyl sites for hydroxylation is 1. The summed E-state index contributed by atoms with van der Waals surface area (Å²) in [5.74, 6) is 0.530. The van der Waals surface area contributed by atoms with E-state index in [4.69, 9.17) is 4.74 Å². The molecule has 2 rings (SSSR count). The molecule has 1 saturated heterocycles. The molecule has 3 nitrogen and oxygen atoms in total. The van der Waals surface area contributed by atoms with E-state index in [1.807, 2.05) is 18.2 Å². The highest BCUT2D eigenvalue weighted by molar-refractivity contribution is 5.75. The van der Waals surface area contributed by atoms with Gasteiger partial charge in [0.15, 0.2) is 0 Å². The quantitative estimate of drug-likeness (QED) is 0.654. The maximum Gasteiger partial charge on any atom is 0.323 e. The Bertz CT molecular complexity index is 391. The monoisotopic (exact) mass is 261 g/mol. The van der Waals surface area contributed by atoms with Gasteiger partial charge in [-0.3, -0.25) is 4.79 Å². The van der Waals surface area contributed by atoms with E-state index in [2.05, 4.69) is 24.4 Å². The summed E-state index contributed by atoms with van der Waals surface area (Å²) in [4.78, 5) is 11.9. The van der Waals surface area contributed by atoms with Crippen LogP contribution in [0.15, 0.2) is 30.3 Å². The number of nitrogens with one attached hydrogen (secondary N) is 1. The number of ether oxygens (including phenoxy) is 1. The molecule has 0 bridgehead atoms. The van der Waals surface area contributed by atoms with Gasteiger partial charge >= 0.3 is 5.97 Å². The molecule has 1 aliphatic heterocycles. The van der Waals surface area contributed by atoms with Gasteiger partial charge in [-0.2, -0.15) is 0 Å². The van der Waals surface area contributed by atoms with E-state index >= 15 is 0 Å². The molecule has 0 aliphatic carbocycles. The topological polar surface area (TPSA) is 38.3 Å². The zero-order valence-corrected chi connectivity index (χ0v) is 11.6. The largest absolute Gasteiger partial charge is 0.465 e. The van der Waals surface area contributed by atoms with Crippen molar-refractivity contribution in [1.82, 2.24) is 5.32 Å². The van der Waals surface area contributed by atoms with Crippen LogP contribution in [0, 0.1) is 5.92 Å². The van der Waals surface area contributed by atoms with Crippen molar-refractivity contribution in [3.8, 4) is 0 Å². The predicted octanol–water partition coefficient (Wildman–Crippen LogP) is 2.55. The van der Waals surface area contributed by atoms with E-state index in [9.17, 15) is 4.79 Å². The number of rotatable bonds is 5. The number of benzene rings is 1. The molecule has 2 atom stereocenters. The van der Waals surface area contributed by atoms with Crippen molar-refractivity contribution < 1.29 is 9.53 Å². The van der Waals surface area contributed by atoms with Gasteiger partial charge in [-0.15, -0.1) is 0 Å². The Morgan fingerprint density at radius 3 is 2.89 bits per heavy atom. The molecular formula is C16H23NO2. The Labute approximate surface area is 115 Å². The summed E-state index contributed by atoms with van der Waals surface area (Å²) in [6, 6.07) is 10.2. The number of esters is 1. The molecule has 104 valence electrons. The first-order valence-electron chi connectivity index (χ1n) is 7.19. The minimum atomic E-state index is -0.0968. The second-order valence-corrected chi connectivity index (χ2v) is 5.39. The molecule has 2 unspecified atom stereocenters. The Kier molecular flexibility index (Phi) is 5.40. The van der Waals surface area contributed by atoms with Crippen molar-refractivity contribution in [1.29, 1.82) is 0 Å². The second kappa shape index (κ2) is 7.29. The Morgan fingerprint density at radius 1 is 1.37 bits per heavy atom. The highest BCUT2D eigenvalue weighted by Gasteiger charge is 2.25. The lowest BCUT2D eigenvalue weighted by Crippen LogP contribution is -2.44. The summed E-state index contributed by atoms with van der Waals surface area (Å²) < 4.78 is 5.35. The maximum absolute atomic E-state index is 11.9. The van der Waals surface area contributed by atoms with Crippen molar-refractivity contribution in [3.63, 3.8) is 0 Å². The lowest BCUT2D eigenvalue weighted by atomic mass is 9.94. The average Bonchev–Trinajstić information content (AvgIpc) is 2.44. The molecule has 3 heteroatoms. The number of hydrogen-bond acceptors (Lipinski definition) is 3. The standard InChI is InChI=1S/C16H23NO2/c1-13-9-10-17-15(12-13)16(18)19-11-5-8-14-6-3-2-4-7-14/h2-4,6-7,13,15,17H,5,8-12H2,1H3. The maximum atomic E-state index is 11.9. The second-order valence-electron chi connectivity index (χ2n) is 5.39. The molecule has 0 saturated carbocycles. The summed E-state index contributed by atoms with van der Waals surface area (Å²) >= 11 is 0. The summed E-state index contributed by atoms with van der Waals surface area (Å²) in [5, 5.41) is 3.23. The van der Waals surface area contributed by atoms with Gasteiger partial charge in [0.05, 0.1) is 6.61 Å².